The summed E-state index contributed by atoms with van der Waals surface area (Å²) in [5.74, 6) is -0.816. The molecule has 2 aromatic heterocycles. The van der Waals surface area contributed by atoms with E-state index in [9.17, 15) is 19.2 Å². The van der Waals surface area contributed by atoms with Gasteiger partial charge in [-0.1, -0.05) is 19.8 Å². The number of hydrogen-bond donors (Lipinski definition) is 2. The van der Waals surface area contributed by atoms with Gasteiger partial charge in [-0.05, 0) is 32.6 Å². The van der Waals surface area contributed by atoms with Crippen molar-refractivity contribution >= 4 is 29.0 Å². The van der Waals surface area contributed by atoms with Gasteiger partial charge in [0.2, 0.25) is 11.6 Å². The molecule has 0 unspecified atom stereocenters. The van der Waals surface area contributed by atoms with Gasteiger partial charge < -0.3 is 14.5 Å². The second-order valence-electron chi connectivity index (χ2n) is 7.50. The zero-order valence-electron chi connectivity index (χ0n) is 17.3. The number of rotatable bonds is 5. The summed E-state index contributed by atoms with van der Waals surface area (Å²) in [6, 6.07) is -0.569. The maximum absolute atomic E-state index is 12.8. The highest BCUT2D eigenvalue weighted by molar-refractivity contribution is 6.03. The highest BCUT2D eigenvalue weighted by atomic mass is 16.5. The molecule has 10 heteroatoms. The van der Waals surface area contributed by atoms with Gasteiger partial charge in [0, 0.05) is 6.04 Å². The van der Waals surface area contributed by atoms with E-state index < -0.39 is 30.0 Å². The van der Waals surface area contributed by atoms with Crippen molar-refractivity contribution in [1.82, 2.24) is 20.2 Å². The third-order valence-corrected chi connectivity index (χ3v) is 5.33. The van der Waals surface area contributed by atoms with Gasteiger partial charge in [0.25, 0.3) is 5.56 Å². The minimum Gasteiger partial charge on any atom is -0.462 e. The lowest BCUT2D eigenvalue weighted by molar-refractivity contribution is -0.120. The summed E-state index contributed by atoms with van der Waals surface area (Å²) >= 11 is 0. The van der Waals surface area contributed by atoms with Crippen molar-refractivity contribution in [3.63, 3.8) is 0 Å². The lowest BCUT2D eigenvalue weighted by Gasteiger charge is -2.29. The number of aromatic nitrogens is 2. The number of fused-ring (bicyclic) bond motifs is 1. The quantitative estimate of drug-likeness (QED) is 0.708. The lowest BCUT2D eigenvalue weighted by Crippen LogP contribution is -2.48. The standard InChI is InChI=1S/C20H26N4O6/c1-4-29-19(27)15-12(3)30-17-16(15)18(26)24(10-21-17)9-14(25)23-20(28)22-13-8-6-5-7-11(13)2/h10-11,13H,4-9H2,1-3H3,(H2,22,23,25,28)/t11-,13-/m0/s1. The number of carbonyl (C=O) groups excluding carboxylic acids is 3. The van der Waals surface area contributed by atoms with E-state index in [-0.39, 0.29) is 35.1 Å². The molecule has 0 aromatic carbocycles. The SMILES string of the molecule is CCOC(=O)c1c(C)oc2ncn(CC(=O)NC(=O)N[C@H]3CCCC[C@@H]3C)c(=O)c12. The van der Waals surface area contributed by atoms with Gasteiger partial charge in [-0.15, -0.1) is 0 Å². The van der Waals surface area contributed by atoms with Crippen molar-refractivity contribution in [2.24, 2.45) is 5.92 Å². The van der Waals surface area contributed by atoms with E-state index in [1.54, 1.807) is 6.92 Å². The maximum Gasteiger partial charge on any atom is 0.342 e. The van der Waals surface area contributed by atoms with Crippen LogP contribution in [0.4, 0.5) is 4.79 Å². The van der Waals surface area contributed by atoms with E-state index in [1.807, 2.05) is 0 Å². The molecule has 0 aliphatic heterocycles. The van der Waals surface area contributed by atoms with Crippen LogP contribution in [0, 0.1) is 12.8 Å². The van der Waals surface area contributed by atoms with Crippen LogP contribution >= 0.6 is 0 Å². The Morgan fingerprint density at radius 3 is 2.73 bits per heavy atom. The molecule has 1 aliphatic carbocycles. The van der Waals surface area contributed by atoms with E-state index in [1.165, 1.54) is 6.92 Å². The van der Waals surface area contributed by atoms with Crippen molar-refractivity contribution < 1.29 is 23.5 Å². The van der Waals surface area contributed by atoms with Crippen LogP contribution in [-0.2, 0) is 16.1 Å². The monoisotopic (exact) mass is 418 g/mol. The number of ether oxygens (including phenoxy) is 1. The predicted molar refractivity (Wildman–Crippen MR) is 107 cm³/mol. The Balaban J connectivity index is 1.73. The summed E-state index contributed by atoms with van der Waals surface area (Å²) in [4.78, 5) is 53.5. The van der Waals surface area contributed by atoms with E-state index in [2.05, 4.69) is 22.5 Å². The highest BCUT2D eigenvalue weighted by Crippen LogP contribution is 2.23. The molecule has 2 atom stereocenters. The minimum absolute atomic E-state index is 0.0110. The molecule has 2 aromatic rings. The van der Waals surface area contributed by atoms with E-state index in [4.69, 9.17) is 9.15 Å². The smallest absolute Gasteiger partial charge is 0.342 e. The van der Waals surface area contributed by atoms with Gasteiger partial charge in [0.1, 0.15) is 29.6 Å². The first-order chi connectivity index (χ1) is 14.3. The predicted octanol–water partition coefficient (Wildman–Crippen LogP) is 1.88. The van der Waals surface area contributed by atoms with E-state index >= 15 is 0 Å². The zero-order chi connectivity index (χ0) is 21.8. The molecule has 0 radical (unpaired) electrons. The first kappa shape index (κ1) is 21.5. The number of esters is 1. The molecule has 2 heterocycles. The summed E-state index contributed by atoms with van der Waals surface area (Å²) in [5, 5.41) is 5.01. The number of furan rings is 1. The number of amides is 3. The fourth-order valence-electron chi connectivity index (χ4n) is 3.76. The first-order valence-corrected chi connectivity index (χ1v) is 10.1. The summed E-state index contributed by atoms with van der Waals surface area (Å²) < 4.78 is 11.4. The van der Waals surface area contributed by atoms with Crippen LogP contribution in [-0.4, -0.2) is 40.1 Å². The first-order valence-electron chi connectivity index (χ1n) is 10.1. The largest absolute Gasteiger partial charge is 0.462 e. The van der Waals surface area contributed by atoms with Crippen LogP contribution < -0.4 is 16.2 Å². The molecule has 0 bridgehead atoms. The fraction of sp³-hybridized carbons (Fsp3) is 0.550. The van der Waals surface area contributed by atoms with Gasteiger partial charge >= 0.3 is 12.0 Å². The summed E-state index contributed by atoms with van der Waals surface area (Å²) in [5.41, 5.74) is -0.652. The van der Waals surface area contributed by atoms with E-state index in [0.717, 1.165) is 36.6 Å². The van der Waals surface area contributed by atoms with Crippen molar-refractivity contribution in [2.75, 3.05) is 6.61 Å². The van der Waals surface area contributed by atoms with Crippen LogP contribution in [0.1, 0.15) is 55.6 Å². The molecular formula is C20H26N4O6. The average molecular weight is 418 g/mol. The Bertz CT molecular complexity index is 1020. The van der Waals surface area contributed by atoms with Crippen LogP contribution in [0.2, 0.25) is 0 Å². The number of urea groups is 1. The van der Waals surface area contributed by atoms with Gasteiger partial charge in [0.05, 0.1) is 6.61 Å². The third-order valence-electron chi connectivity index (χ3n) is 5.33. The van der Waals surface area contributed by atoms with Crippen molar-refractivity contribution in [2.45, 2.75) is 59.0 Å². The summed E-state index contributed by atoms with van der Waals surface area (Å²) in [6.07, 6.45) is 5.23. The number of nitrogens with zero attached hydrogens (tertiary/aromatic N) is 2. The molecule has 0 saturated heterocycles. The molecule has 1 fully saturated rings. The summed E-state index contributed by atoms with van der Waals surface area (Å²) in [7, 11) is 0. The second-order valence-corrected chi connectivity index (χ2v) is 7.50. The Kier molecular flexibility index (Phi) is 6.53. The second kappa shape index (κ2) is 9.10. The molecule has 1 aliphatic rings. The molecule has 1 saturated carbocycles. The van der Waals surface area contributed by atoms with Gasteiger partial charge in [-0.2, -0.15) is 0 Å². The molecule has 10 nitrogen and oxygen atoms in total. The normalized spacial score (nSPS) is 18.8. The Labute approximate surface area is 173 Å². The fourth-order valence-corrected chi connectivity index (χ4v) is 3.76. The number of nitrogens with one attached hydrogen (secondary N) is 2. The number of imide groups is 1. The molecule has 162 valence electrons. The average Bonchev–Trinajstić information content (AvgIpc) is 3.03. The highest BCUT2D eigenvalue weighted by Gasteiger charge is 2.25. The topological polar surface area (TPSA) is 133 Å². The van der Waals surface area contributed by atoms with Crippen molar-refractivity contribution in [3.8, 4) is 0 Å². The number of aryl methyl sites for hydroxylation is 1. The van der Waals surface area contributed by atoms with Crippen molar-refractivity contribution in [1.29, 1.82) is 0 Å². The Hall–Kier alpha value is -3.17. The van der Waals surface area contributed by atoms with Crippen LogP contribution in [0.3, 0.4) is 0 Å². The minimum atomic E-state index is -0.698. The van der Waals surface area contributed by atoms with Gasteiger partial charge in [0.15, 0.2) is 0 Å². The summed E-state index contributed by atoms with van der Waals surface area (Å²) in [6.45, 7) is 4.95. The molecule has 30 heavy (non-hydrogen) atoms. The lowest BCUT2D eigenvalue weighted by atomic mass is 9.86. The third kappa shape index (κ3) is 4.52. The maximum atomic E-state index is 12.8. The molecule has 3 rings (SSSR count). The van der Waals surface area contributed by atoms with Crippen LogP contribution in [0.15, 0.2) is 15.5 Å². The van der Waals surface area contributed by atoms with Gasteiger partial charge in [-0.25, -0.2) is 14.6 Å². The number of carbonyl (C=O) groups is 3. The van der Waals surface area contributed by atoms with E-state index in [0.29, 0.717) is 5.92 Å². The Morgan fingerprint density at radius 2 is 2.03 bits per heavy atom. The van der Waals surface area contributed by atoms with Crippen LogP contribution in [0.5, 0.6) is 0 Å². The molecule has 2 N–H and O–H groups in total. The Morgan fingerprint density at radius 1 is 1.30 bits per heavy atom. The molecular weight excluding hydrogens is 392 g/mol. The zero-order valence-corrected chi connectivity index (χ0v) is 17.3. The number of hydrogen-bond acceptors (Lipinski definition) is 7. The van der Waals surface area contributed by atoms with Crippen molar-refractivity contribution in [3.05, 3.63) is 28.0 Å². The molecule has 3 amide bonds. The van der Waals surface area contributed by atoms with Crippen LogP contribution in [0.25, 0.3) is 11.1 Å². The molecule has 0 spiro atoms. The van der Waals surface area contributed by atoms with Gasteiger partial charge in [-0.3, -0.25) is 19.5 Å².